The summed E-state index contributed by atoms with van der Waals surface area (Å²) in [5.41, 5.74) is 0.194. The Morgan fingerprint density at radius 1 is 1.03 bits per heavy atom. The lowest BCUT2D eigenvalue weighted by atomic mass is 9.91. The summed E-state index contributed by atoms with van der Waals surface area (Å²) in [6, 6.07) is 9.29. The molecule has 4 rings (SSSR count). The van der Waals surface area contributed by atoms with Gasteiger partial charge in [0.1, 0.15) is 12.1 Å². The average Bonchev–Trinajstić information content (AvgIpc) is 3.39. The molecule has 0 radical (unpaired) electrons. The number of carbonyl (C=O) groups is 4. The highest BCUT2D eigenvalue weighted by Gasteiger charge is 2.50. The molecular formula is C25H28N4O7. The minimum absolute atomic E-state index is 0.0699. The predicted molar refractivity (Wildman–Crippen MR) is 130 cm³/mol. The molecule has 2 aliphatic rings. The van der Waals surface area contributed by atoms with E-state index in [1.165, 1.54) is 21.3 Å². The van der Waals surface area contributed by atoms with E-state index in [1.54, 1.807) is 48.2 Å². The fourth-order valence-corrected chi connectivity index (χ4v) is 4.40. The molecule has 5 amide bonds. The van der Waals surface area contributed by atoms with E-state index in [1.807, 2.05) is 0 Å². The van der Waals surface area contributed by atoms with Crippen molar-refractivity contribution >= 4 is 35.1 Å². The van der Waals surface area contributed by atoms with E-state index >= 15 is 0 Å². The Balaban J connectivity index is 1.48. The van der Waals surface area contributed by atoms with Gasteiger partial charge in [-0.1, -0.05) is 0 Å². The Labute approximate surface area is 208 Å². The highest BCUT2D eigenvalue weighted by molar-refractivity contribution is 6.10. The van der Waals surface area contributed by atoms with E-state index in [9.17, 15) is 19.2 Å². The lowest BCUT2D eigenvalue weighted by Gasteiger charge is -2.24. The molecule has 36 heavy (non-hydrogen) atoms. The van der Waals surface area contributed by atoms with Crippen molar-refractivity contribution in [2.24, 2.45) is 0 Å². The number of amides is 5. The Kier molecular flexibility index (Phi) is 6.73. The van der Waals surface area contributed by atoms with Crippen LogP contribution in [-0.2, 0) is 19.9 Å². The summed E-state index contributed by atoms with van der Waals surface area (Å²) >= 11 is 0. The lowest BCUT2D eigenvalue weighted by Crippen LogP contribution is -2.42. The summed E-state index contributed by atoms with van der Waals surface area (Å²) in [5, 5.41) is 5.35. The molecule has 0 saturated carbocycles. The third-order valence-corrected chi connectivity index (χ3v) is 6.35. The van der Waals surface area contributed by atoms with Gasteiger partial charge in [-0.25, -0.2) is 4.79 Å². The summed E-state index contributed by atoms with van der Waals surface area (Å²) in [7, 11) is 4.36. The SMILES string of the molecule is COc1cc(C2(C)NC(=O)N(CC(=O)Nc3ccc(N4CCCC4=O)cc3)C2=O)cc(OC)c1OC. The second kappa shape index (κ2) is 9.76. The van der Waals surface area contributed by atoms with Crippen LogP contribution in [0.5, 0.6) is 17.2 Å². The van der Waals surface area contributed by atoms with Gasteiger partial charge in [-0.15, -0.1) is 0 Å². The van der Waals surface area contributed by atoms with Gasteiger partial charge < -0.3 is 29.7 Å². The lowest BCUT2D eigenvalue weighted by molar-refractivity contribution is -0.133. The van der Waals surface area contributed by atoms with Crippen molar-refractivity contribution in [3.05, 3.63) is 42.0 Å². The van der Waals surface area contributed by atoms with Crippen LogP contribution in [0.4, 0.5) is 16.2 Å². The van der Waals surface area contributed by atoms with E-state index in [0.29, 0.717) is 41.5 Å². The Hall–Kier alpha value is -4.28. The van der Waals surface area contributed by atoms with Crippen LogP contribution in [0.15, 0.2) is 36.4 Å². The van der Waals surface area contributed by atoms with E-state index in [2.05, 4.69) is 10.6 Å². The summed E-state index contributed by atoms with van der Waals surface area (Å²) in [6.45, 7) is 1.74. The molecule has 0 bridgehead atoms. The zero-order chi connectivity index (χ0) is 26.0. The predicted octanol–water partition coefficient (Wildman–Crippen LogP) is 2.24. The maximum absolute atomic E-state index is 13.3. The molecule has 2 N–H and O–H groups in total. The zero-order valence-corrected chi connectivity index (χ0v) is 20.5. The number of nitrogens with zero attached hydrogens (tertiary/aromatic N) is 2. The number of ether oxygens (including phenoxy) is 3. The average molecular weight is 497 g/mol. The number of nitrogens with one attached hydrogen (secondary N) is 2. The van der Waals surface area contributed by atoms with E-state index in [-0.39, 0.29) is 5.91 Å². The molecule has 1 atom stereocenters. The second-order valence-corrected chi connectivity index (χ2v) is 8.60. The summed E-state index contributed by atoms with van der Waals surface area (Å²) in [5.74, 6) is -0.0748. The van der Waals surface area contributed by atoms with Gasteiger partial charge in [0, 0.05) is 24.3 Å². The van der Waals surface area contributed by atoms with Gasteiger partial charge >= 0.3 is 6.03 Å². The largest absolute Gasteiger partial charge is 0.493 e. The molecular weight excluding hydrogens is 468 g/mol. The number of rotatable bonds is 8. The number of hydrogen-bond acceptors (Lipinski definition) is 7. The van der Waals surface area contributed by atoms with Crippen LogP contribution < -0.4 is 29.7 Å². The molecule has 190 valence electrons. The summed E-state index contributed by atoms with van der Waals surface area (Å²) in [4.78, 5) is 53.2. The van der Waals surface area contributed by atoms with E-state index in [4.69, 9.17) is 14.2 Å². The zero-order valence-electron chi connectivity index (χ0n) is 20.5. The molecule has 2 saturated heterocycles. The fourth-order valence-electron chi connectivity index (χ4n) is 4.40. The fraction of sp³-hybridized carbons (Fsp3) is 0.360. The number of urea groups is 1. The maximum atomic E-state index is 13.3. The first-order chi connectivity index (χ1) is 17.2. The second-order valence-electron chi connectivity index (χ2n) is 8.60. The smallest absolute Gasteiger partial charge is 0.325 e. The van der Waals surface area contributed by atoms with Crippen molar-refractivity contribution in [2.75, 3.05) is 44.6 Å². The van der Waals surface area contributed by atoms with Gasteiger partial charge in [-0.3, -0.25) is 19.3 Å². The number of imide groups is 1. The van der Waals surface area contributed by atoms with Crippen LogP contribution in [0.3, 0.4) is 0 Å². The van der Waals surface area contributed by atoms with Crippen LogP contribution in [0.2, 0.25) is 0 Å². The molecule has 11 heteroatoms. The van der Waals surface area contributed by atoms with Gasteiger partial charge in [-0.2, -0.15) is 0 Å². The first kappa shape index (κ1) is 24.8. The summed E-state index contributed by atoms with van der Waals surface area (Å²) in [6.07, 6.45) is 1.34. The molecule has 0 aliphatic carbocycles. The quantitative estimate of drug-likeness (QED) is 0.537. The van der Waals surface area contributed by atoms with Crippen molar-refractivity contribution in [2.45, 2.75) is 25.3 Å². The third kappa shape index (κ3) is 4.39. The monoisotopic (exact) mass is 496 g/mol. The third-order valence-electron chi connectivity index (χ3n) is 6.35. The van der Waals surface area contributed by atoms with Crippen molar-refractivity contribution in [3.8, 4) is 17.2 Å². The van der Waals surface area contributed by atoms with Crippen LogP contribution in [0.25, 0.3) is 0 Å². The molecule has 2 aromatic carbocycles. The first-order valence-corrected chi connectivity index (χ1v) is 11.4. The number of benzene rings is 2. The Bertz CT molecular complexity index is 1190. The van der Waals surface area contributed by atoms with Gasteiger partial charge in [-0.05, 0) is 55.3 Å². The molecule has 2 aliphatic heterocycles. The van der Waals surface area contributed by atoms with Crippen molar-refractivity contribution in [1.29, 1.82) is 0 Å². The van der Waals surface area contributed by atoms with Crippen molar-refractivity contribution in [1.82, 2.24) is 10.2 Å². The normalized spacial score (nSPS) is 19.4. The Morgan fingerprint density at radius 2 is 1.67 bits per heavy atom. The molecule has 11 nitrogen and oxygen atoms in total. The molecule has 2 heterocycles. The minimum atomic E-state index is -1.45. The molecule has 0 spiro atoms. The number of methoxy groups -OCH3 is 3. The topological polar surface area (TPSA) is 127 Å². The van der Waals surface area contributed by atoms with Gasteiger partial charge in [0.25, 0.3) is 5.91 Å². The van der Waals surface area contributed by atoms with Gasteiger partial charge in [0.05, 0.1) is 21.3 Å². The molecule has 2 aromatic rings. The maximum Gasteiger partial charge on any atom is 0.325 e. The number of anilines is 2. The van der Waals surface area contributed by atoms with Crippen molar-refractivity contribution < 1.29 is 33.4 Å². The molecule has 2 fully saturated rings. The molecule has 0 aromatic heterocycles. The minimum Gasteiger partial charge on any atom is -0.493 e. The van der Waals surface area contributed by atoms with Crippen molar-refractivity contribution in [3.63, 3.8) is 0 Å². The number of hydrogen-bond donors (Lipinski definition) is 2. The van der Waals surface area contributed by atoms with E-state index < -0.39 is 29.9 Å². The molecule has 1 unspecified atom stereocenters. The number of carbonyl (C=O) groups excluding carboxylic acids is 4. The Morgan fingerprint density at radius 3 is 2.19 bits per heavy atom. The highest BCUT2D eigenvalue weighted by Crippen LogP contribution is 2.42. The highest BCUT2D eigenvalue weighted by atomic mass is 16.5. The van der Waals surface area contributed by atoms with Gasteiger partial charge in [0.15, 0.2) is 11.5 Å². The van der Waals surface area contributed by atoms with Crippen LogP contribution in [0.1, 0.15) is 25.3 Å². The van der Waals surface area contributed by atoms with Gasteiger partial charge in [0.2, 0.25) is 17.6 Å². The first-order valence-electron chi connectivity index (χ1n) is 11.4. The van der Waals surface area contributed by atoms with E-state index in [0.717, 1.165) is 17.0 Å². The summed E-state index contributed by atoms with van der Waals surface area (Å²) < 4.78 is 16.0. The van der Waals surface area contributed by atoms with Crippen LogP contribution in [0, 0.1) is 0 Å². The van der Waals surface area contributed by atoms with Crippen LogP contribution in [-0.4, -0.2) is 63.1 Å². The standard InChI is InChI=1S/C25H28N4O7/c1-25(15-12-18(34-2)22(36-4)19(13-15)35-3)23(32)29(24(33)27-25)14-20(30)26-16-7-9-17(10-8-16)28-11-5-6-21(28)31/h7-10,12-13H,5-6,11,14H2,1-4H3,(H,26,30)(H,27,33). The van der Waals surface area contributed by atoms with Crippen LogP contribution >= 0.6 is 0 Å².